The normalized spacial score (nSPS) is 29.2. The van der Waals surface area contributed by atoms with Crippen LogP contribution in [0, 0.1) is 24.7 Å². The van der Waals surface area contributed by atoms with E-state index in [1.807, 2.05) is 12.1 Å². The van der Waals surface area contributed by atoms with Gasteiger partial charge >= 0.3 is 0 Å². The molecule has 40 heavy (non-hydrogen) atoms. The predicted molar refractivity (Wildman–Crippen MR) is 168 cm³/mol. The van der Waals surface area contributed by atoms with Gasteiger partial charge in [0.2, 0.25) is 0 Å². The van der Waals surface area contributed by atoms with Crippen molar-refractivity contribution in [3.63, 3.8) is 0 Å². The number of benzene rings is 1. The summed E-state index contributed by atoms with van der Waals surface area (Å²) in [6.45, 7) is 3.89. The number of amides is 1. The van der Waals surface area contributed by atoms with Crippen molar-refractivity contribution >= 4 is 17.7 Å². The van der Waals surface area contributed by atoms with Crippen LogP contribution in [0.15, 0.2) is 36.4 Å². The minimum absolute atomic E-state index is 0.119. The molecule has 2 N–H and O–H groups in total. The molecule has 1 aromatic carbocycles. The van der Waals surface area contributed by atoms with E-state index in [1.54, 1.807) is 0 Å². The van der Waals surface area contributed by atoms with E-state index in [4.69, 9.17) is 4.74 Å². The van der Waals surface area contributed by atoms with E-state index in [-0.39, 0.29) is 18.6 Å². The molecule has 1 saturated carbocycles. The summed E-state index contributed by atoms with van der Waals surface area (Å²) in [6.07, 6.45) is 23.1. The summed E-state index contributed by atoms with van der Waals surface area (Å²) in [5.41, 5.74) is 8.36. The minimum Gasteiger partial charge on any atom is -0.484 e. The van der Waals surface area contributed by atoms with Crippen LogP contribution in [-0.2, 0) is 4.79 Å². The number of rotatable bonds is 8. The van der Waals surface area contributed by atoms with Crippen molar-refractivity contribution in [2.24, 2.45) is 17.8 Å². The maximum atomic E-state index is 14.1. The molecule has 5 nitrogen and oxygen atoms in total. The molecule has 2 aliphatic heterocycles. The average Bonchev–Trinajstić information content (AvgIpc) is 3.63. The van der Waals surface area contributed by atoms with E-state index in [9.17, 15) is 4.79 Å². The topological polar surface area (TPSA) is 53.6 Å². The van der Waals surface area contributed by atoms with Crippen molar-refractivity contribution in [1.82, 2.24) is 15.8 Å². The van der Waals surface area contributed by atoms with E-state index in [2.05, 4.69) is 58.7 Å². The second-order valence-corrected chi connectivity index (χ2v) is 14.2. The number of carbonyl (C=O) groups is 1. The molecule has 4 atom stereocenters. The van der Waals surface area contributed by atoms with Gasteiger partial charge in [-0.1, -0.05) is 62.0 Å². The van der Waals surface area contributed by atoms with Crippen LogP contribution in [0.25, 0.3) is 0 Å². The van der Waals surface area contributed by atoms with Gasteiger partial charge < -0.3 is 9.64 Å². The van der Waals surface area contributed by atoms with Gasteiger partial charge in [-0.2, -0.15) is 11.8 Å². The number of nitrogens with zero attached hydrogens (tertiary/aromatic N) is 1. The van der Waals surface area contributed by atoms with Gasteiger partial charge in [0, 0.05) is 24.4 Å². The van der Waals surface area contributed by atoms with Gasteiger partial charge in [0.15, 0.2) is 6.61 Å². The van der Waals surface area contributed by atoms with Gasteiger partial charge in [-0.3, -0.25) is 15.6 Å². The Balaban J connectivity index is 1.31. The lowest BCUT2D eigenvalue weighted by Crippen LogP contribution is -2.54. The number of allylic oxidation sites excluding steroid dienone is 2. The molecular formula is C34H53N3O2S. The fraction of sp³-hybridized carbons (Fsp3) is 0.735. The van der Waals surface area contributed by atoms with Crippen molar-refractivity contribution in [2.45, 2.75) is 114 Å². The first-order chi connectivity index (χ1) is 19.7. The summed E-state index contributed by atoms with van der Waals surface area (Å²) in [5.74, 6) is 4.31. The Bertz CT molecular complexity index is 918. The molecule has 3 fully saturated rings. The number of carbonyl (C=O) groups excluding carboxylic acids is 1. The SMILES string of the molecule is Cc1ccc(OCC(=O)N(CC2SCCC2C2CCCC=CCCC2)C2CNNC2C2CCCCCCC2)cc1. The highest BCUT2D eigenvalue weighted by atomic mass is 32.2. The van der Waals surface area contributed by atoms with Crippen LogP contribution in [0.3, 0.4) is 0 Å². The van der Waals surface area contributed by atoms with E-state index in [1.165, 1.54) is 101 Å². The number of nitrogens with one attached hydrogen (secondary N) is 2. The Morgan fingerprint density at radius 3 is 2.30 bits per heavy atom. The lowest BCUT2D eigenvalue weighted by atomic mass is 9.80. The first-order valence-corrected chi connectivity index (χ1v) is 17.5. The molecule has 1 aromatic rings. The summed E-state index contributed by atoms with van der Waals surface area (Å²) in [4.78, 5) is 16.3. The molecule has 2 heterocycles. The molecule has 5 rings (SSSR count). The van der Waals surface area contributed by atoms with Gasteiger partial charge in [0.1, 0.15) is 5.75 Å². The Morgan fingerprint density at radius 1 is 0.900 bits per heavy atom. The molecule has 0 bridgehead atoms. The molecular weight excluding hydrogens is 514 g/mol. The Hall–Kier alpha value is -1.50. The summed E-state index contributed by atoms with van der Waals surface area (Å²) in [5, 5.41) is 0.528. The van der Waals surface area contributed by atoms with Crippen LogP contribution in [0.4, 0.5) is 0 Å². The molecule has 4 unspecified atom stereocenters. The van der Waals surface area contributed by atoms with Crippen molar-refractivity contribution in [3.8, 4) is 5.75 Å². The Labute approximate surface area is 247 Å². The smallest absolute Gasteiger partial charge is 0.260 e. The number of thioether (sulfide) groups is 1. The molecule has 0 spiro atoms. The third-order valence-electron chi connectivity index (χ3n) is 10.1. The molecule has 2 saturated heterocycles. The van der Waals surface area contributed by atoms with Crippen LogP contribution in [0.1, 0.15) is 95.5 Å². The Morgan fingerprint density at radius 2 is 1.57 bits per heavy atom. The number of hydrogen-bond acceptors (Lipinski definition) is 5. The zero-order valence-electron chi connectivity index (χ0n) is 24.8. The standard InChI is InChI=1S/C34H53N3O2S/c1-26-17-19-29(20-18-26)39-25-33(38)37(31-23-35-36-34(31)28-15-11-7-4-8-12-16-28)24-32-30(21-22-40-32)27-13-9-5-2-3-6-10-14-27/h2-3,17-20,27-28,30-32,34-36H,4-16,21-25H2,1H3. The summed E-state index contributed by atoms with van der Waals surface area (Å²) < 4.78 is 6.09. The molecule has 1 amide bonds. The van der Waals surface area contributed by atoms with E-state index >= 15 is 0 Å². The fourth-order valence-corrected chi connectivity index (χ4v) is 9.34. The second kappa shape index (κ2) is 15.7. The highest BCUT2D eigenvalue weighted by Crippen LogP contribution is 2.42. The first kappa shape index (κ1) is 30.0. The van der Waals surface area contributed by atoms with Crippen molar-refractivity contribution in [2.75, 3.05) is 25.4 Å². The van der Waals surface area contributed by atoms with Crippen molar-refractivity contribution < 1.29 is 9.53 Å². The molecule has 2 aliphatic carbocycles. The largest absolute Gasteiger partial charge is 0.484 e. The van der Waals surface area contributed by atoms with Crippen LogP contribution in [0.5, 0.6) is 5.75 Å². The van der Waals surface area contributed by atoms with Gasteiger partial charge in [-0.25, -0.2) is 0 Å². The summed E-state index contributed by atoms with van der Waals surface area (Å²) in [7, 11) is 0. The molecule has 0 aromatic heterocycles. The average molecular weight is 568 g/mol. The van der Waals surface area contributed by atoms with E-state index in [0.717, 1.165) is 30.7 Å². The predicted octanol–water partition coefficient (Wildman–Crippen LogP) is 7.06. The first-order valence-electron chi connectivity index (χ1n) is 16.4. The van der Waals surface area contributed by atoms with Gasteiger partial charge in [0.05, 0.1) is 6.04 Å². The third-order valence-corrected chi connectivity index (χ3v) is 11.5. The highest BCUT2D eigenvalue weighted by Gasteiger charge is 2.42. The molecule has 0 radical (unpaired) electrons. The van der Waals surface area contributed by atoms with Crippen molar-refractivity contribution in [3.05, 3.63) is 42.0 Å². The van der Waals surface area contributed by atoms with E-state index < -0.39 is 0 Å². The molecule has 6 heteroatoms. The molecule has 4 aliphatic rings. The lowest BCUT2D eigenvalue weighted by molar-refractivity contribution is -0.136. The maximum Gasteiger partial charge on any atom is 0.260 e. The lowest BCUT2D eigenvalue weighted by Gasteiger charge is -2.39. The number of hydrazine groups is 1. The van der Waals surface area contributed by atoms with Crippen LogP contribution in [-0.4, -0.2) is 53.6 Å². The number of hydrogen-bond donors (Lipinski definition) is 2. The summed E-state index contributed by atoms with van der Waals surface area (Å²) >= 11 is 2.13. The third kappa shape index (κ3) is 8.29. The van der Waals surface area contributed by atoms with Gasteiger partial charge in [0.25, 0.3) is 5.91 Å². The number of ether oxygens (including phenoxy) is 1. The molecule has 222 valence electrons. The van der Waals surface area contributed by atoms with Crippen LogP contribution in [0.2, 0.25) is 0 Å². The summed E-state index contributed by atoms with van der Waals surface area (Å²) in [6, 6.07) is 8.59. The quantitative estimate of drug-likeness (QED) is 0.330. The van der Waals surface area contributed by atoms with E-state index in [0.29, 0.717) is 17.2 Å². The zero-order valence-corrected chi connectivity index (χ0v) is 25.6. The van der Waals surface area contributed by atoms with Crippen molar-refractivity contribution in [1.29, 1.82) is 0 Å². The highest BCUT2D eigenvalue weighted by molar-refractivity contribution is 8.00. The Kier molecular flexibility index (Phi) is 11.7. The minimum atomic E-state index is 0.119. The second-order valence-electron chi connectivity index (χ2n) is 12.8. The van der Waals surface area contributed by atoms with Crippen LogP contribution >= 0.6 is 11.8 Å². The van der Waals surface area contributed by atoms with Gasteiger partial charge in [-0.15, -0.1) is 0 Å². The monoisotopic (exact) mass is 567 g/mol. The zero-order chi connectivity index (χ0) is 27.6. The van der Waals surface area contributed by atoms with Gasteiger partial charge in [-0.05, 0) is 100 Å². The number of aryl methyl sites for hydroxylation is 1. The van der Waals surface area contributed by atoms with Crippen LogP contribution < -0.4 is 15.6 Å². The maximum absolute atomic E-state index is 14.1. The fourth-order valence-electron chi connectivity index (χ4n) is 7.76.